The Morgan fingerprint density at radius 1 is 1.00 bits per heavy atom. The highest BCUT2D eigenvalue weighted by Gasteiger charge is 2.43. The second kappa shape index (κ2) is 7.94. The fourth-order valence-corrected chi connectivity index (χ4v) is 2.83. The third-order valence-corrected chi connectivity index (χ3v) is 3.82. The summed E-state index contributed by atoms with van der Waals surface area (Å²) in [5.41, 5.74) is 1.16. The van der Waals surface area contributed by atoms with Crippen LogP contribution in [0.1, 0.15) is 19.4 Å². The quantitative estimate of drug-likeness (QED) is 0.751. The SMILES string of the molecule is CCOC(=O)C1CN(Cc2ccccc2)CC1C(=O)OCC. The summed E-state index contributed by atoms with van der Waals surface area (Å²) in [6.07, 6.45) is 0. The van der Waals surface area contributed by atoms with Crippen LogP contribution in [0.25, 0.3) is 0 Å². The molecule has 0 spiro atoms. The lowest BCUT2D eigenvalue weighted by molar-refractivity contribution is -0.157. The van der Waals surface area contributed by atoms with E-state index in [2.05, 4.69) is 4.90 Å². The van der Waals surface area contributed by atoms with Gasteiger partial charge in [0.25, 0.3) is 0 Å². The minimum atomic E-state index is -0.442. The molecule has 5 heteroatoms. The lowest BCUT2D eigenvalue weighted by atomic mass is 9.96. The first kappa shape index (κ1) is 16.5. The maximum absolute atomic E-state index is 12.1. The smallest absolute Gasteiger partial charge is 0.311 e. The predicted molar refractivity (Wildman–Crippen MR) is 82.0 cm³/mol. The molecule has 22 heavy (non-hydrogen) atoms. The number of carbonyl (C=O) groups excluding carboxylic acids is 2. The van der Waals surface area contributed by atoms with Gasteiger partial charge in [-0.15, -0.1) is 0 Å². The van der Waals surface area contributed by atoms with E-state index >= 15 is 0 Å². The Hall–Kier alpha value is -1.88. The predicted octanol–water partition coefficient (Wildman–Crippen LogP) is 1.86. The summed E-state index contributed by atoms with van der Waals surface area (Å²) in [7, 11) is 0. The van der Waals surface area contributed by atoms with Crippen LogP contribution in [0.15, 0.2) is 30.3 Å². The van der Waals surface area contributed by atoms with Crippen LogP contribution in [0, 0.1) is 11.8 Å². The van der Waals surface area contributed by atoms with Crippen LogP contribution in [0.5, 0.6) is 0 Å². The number of hydrogen-bond donors (Lipinski definition) is 0. The van der Waals surface area contributed by atoms with Crippen molar-refractivity contribution in [3.8, 4) is 0 Å². The molecule has 1 aliphatic heterocycles. The van der Waals surface area contributed by atoms with Crippen LogP contribution in [0.2, 0.25) is 0 Å². The maximum atomic E-state index is 12.1. The van der Waals surface area contributed by atoms with Crippen LogP contribution in [0.3, 0.4) is 0 Å². The molecule has 0 bridgehead atoms. The summed E-state index contributed by atoms with van der Waals surface area (Å²) in [5.74, 6) is -1.50. The summed E-state index contributed by atoms with van der Waals surface area (Å²) in [5, 5.41) is 0. The number of likely N-dealkylation sites (tertiary alicyclic amines) is 1. The third-order valence-electron chi connectivity index (χ3n) is 3.82. The zero-order chi connectivity index (χ0) is 15.9. The Morgan fingerprint density at radius 2 is 1.50 bits per heavy atom. The van der Waals surface area contributed by atoms with Crippen LogP contribution < -0.4 is 0 Å². The highest BCUT2D eigenvalue weighted by molar-refractivity contribution is 5.83. The van der Waals surface area contributed by atoms with E-state index in [4.69, 9.17) is 9.47 Å². The molecule has 2 rings (SSSR count). The third kappa shape index (κ3) is 4.07. The number of carbonyl (C=O) groups is 2. The highest BCUT2D eigenvalue weighted by Crippen LogP contribution is 2.27. The van der Waals surface area contributed by atoms with Crippen molar-refractivity contribution >= 4 is 11.9 Å². The van der Waals surface area contributed by atoms with Crippen LogP contribution in [-0.2, 0) is 25.6 Å². The van der Waals surface area contributed by atoms with Crippen molar-refractivity contribution in [3.05, 3.63) is 35.9 Å². The van der Waals surface area contributed by atoms with Gasteiger partial charge in [0.05, 0.1) is 25.0 Å². The van der Waals surface area contributed by atoms with Gasteiger partial charge in [-0.2, -0.15) is 0 Å². The van der Waals surface area contributed by atoms with Gasteiger partial charge in [-0.3, -0.25) is 14.5 Å². The zero-order valence-electron chi connectivity index (χ0n) is 13.2. The molecular weight excluding hydrogens is 282 g/mol. The number of benzene rings is 1. The van der Waals surface area contributed by atoms with Crippen molar-refractivity contribution in [2.24, 2.45) is 11.8 Å². The van der Waals surface area contributed by atoms with E-state index in [1.165, 1.54) is 0 Å². The molecule has 0 N–H and O–H groups in total. The lowest BCUT2D eigenvalue weighted by Crippen LogP contribution is -2.31. The van der Waals surface area contributed by atoms with Crippen LogP contribution in [-0.4, -0.2) is 43.1 Å². The van der Waals surface area contributed by atoms with E-state index in [1.807, 2.05) is 30.3 Å². The fourth-order valence-electron chi connectivity index (χ4n) is 2.83. The van der Waals surface area contributed by atoms with Crippen molar-refractivity contribution < 1.29 is 19.1 Å². The molecule has 1 aromatic rings. The summed E-state index contributed by atoms with van der Waals surface area (Å²) < 4.78 is 10.2. The molecule has 1 aliphatic rings. The number of nitrogens with zero attached hydrogens (tertiary/aromatic N) is 1. The summed E-state index contributed by atoms with van der Waals surface area (Å²) in [4.78, 5) is 26.3. The minimum Gasteiger partial charge on any atom is -0.466 e. The Bertz CT molecular complexity index is 477. The first-order valence-electron chi connectivity index (χ1n) is 7.75. The molecule has 1 aromatic carbocycles. The maximum Gasteiger partial charge on any atom is 0.311 e. The van der Waals surface area contributed by atoms with Gasteiger partial charge in [0, 0.05) is 19.6 Å². The molecule has 0 amide bonds. The fraction of sp³-hybridized carbons (Fsp3) is 0.529. The molecule has 120 valence electrons. The number of rotatable bonds is 6. The molecule has 0 saturated carbocycles. The summed E-state index contributed by atoms with van der Waals surface area (Å²) >= 11 is 0. The molecular formula is C17H23NO4. The molecule has 1 saturated heterocycles. The van der Waals surface area contributed by atoms with E-state index in [0.29, 0.717) is 32.8 Å². The first-order chi connectivity index (χ1) is 10.7. The largest absolute Gasteiger partial charge is 0.466 e. The van der Waals surface area contributed by atoms with Crippen LogP contribution in [0.4, 0.5) is 0 Å². The Kier molecular flexibility index (Phi) is 5.95. The van der Waals surface area contributed by atoms with Gasteiger partial charge in [-0.1, -0.05) is 30.3 Å². The van der Waals surface area contributed by atoms with E-state index in [1.54, 1.807) is 13.8 Å². The topological polar surface area (TPSA) is 55.8 Å². The van der Waals surface area contributed by atoms with Crippen molar-refractivity contribution in [1.29, 1.82) is 0 Å². The van der Waals surface area contributed by atoms with Gasteiger partial charge in [0.1, 0.15) is 0 Å². The average molecular weight is 305 g/mol. The van der Waals surface area contributed by atoms with Gasteiger partial charge in [0.15, 0.2) is 0 Å². The Morgan fingerprint density at radius 3 is 1.95 bits per heavy atom. The molecule has 2 unspecified atom stereocenters. The number of esters is 2. The van der Waals surface area contributed by atoms with E-state index in [-0.39, 0.29) is 11.9 Å². The van der Waals surface area contributed by atoms with Gasteiger partial charge in [-0.05, 0) is 19.4 Å². The van der Waals surface area contributed by atoms with Gasteiger partial charge in [0.2, 0.25) is 0 Å². The van der Waals surface area contributed by atoms with Gasteiger partial charge < -0.3 is 9.47 Å². The van der Waals surface area contributed by atoms with Crippen LogP contribution >= 0.6 is 0 Å². The zero-order valence-corrected chi connectivity index (χ0v) is 13.2. The molecule has 2 atom stereocenters. The number of hydrogen-bond acceptors (Lipinski definition) is 5. The monoisotopic (exact) mass is 305 g/mol. The lowest BCUT2D eigenvalue weighted by Gasteiger charge is -2.15. The van der Waals surface area contributed by atoms with Gasteiger partial charge >= 0.3 is 11.9 Å². The van der Waals surface area contributed by atoms with Crippen molar-refractivity contribution in [2.75, 3.05) is 26.3 Å². The molecule has 0 aromatic heterocycles. The molecule has 1 fully saturated rings. The second-order valence-corrected chi connectivity index (χ2v) is 5.40. The molecule has 5 nitrogen and oxygen atoms in total. The van der Waals surface area contributed by atoms with Crippen molar-refractivity contribution in [2.45, 2.75) is 20.4 Å². The summed E-state index contributed by atoms with van der Waals surface area (Å²) in [6, 6.07) is 10.0. The molecule has 0 aliphatic carbocycles. The van der Waals surface area contributed by atoms with Gasteiger partial charge in [-0.25, -0.2) is 0 Å². The highest BCUT2D eigenvalue weighted by atomic mass is 16.5. The summed E-state index contributed by atoms with van der Waals surface area (Å²) in [6.45, 7) is 5.95. The Labute approximate surface area is 131 Å². The van der Waals surface area contributed by atoms with E-state index in [0.717, 1.165) is 5.56 Å². The number of ether oxygens (including phenoxy) is 2. The minimum absolute atomic E-state index is 0.309. The average Bonchev–Trinajstić information content (AvgIpc) is 2.93. The first-order valence-corrected chi connectivity index (χ1v) is 7.75. The standard InChI is InChI=1S/C17H23NO4/c1-3-21-16(19)14-11-18(10-13-8-6-5-7-9-13)12-15(14)17(20)22-4-2/h5-9,14-15H,3-4,10-12H2,1-2H3. The van der Waals surface area contributed by atoms with E-state index < -0.39 is 11.8 Å². The second-order valence-electron chi connectivity index (χ2n) is 5.40. The van der Waals surface area contributed by atoms with Crippen molar-refractivity contribution in [3.63, 3.8) is 0 Å². The van der Waals surface area contributed by atoms with E-state index in [9.17, 15) is 9.59 Å². The normalized spacial score (nSPS) is 21.5. The Balaban J connectivity index is 2.06. The molecule has 1 heterocycles. The van der Waals surface area contributed by atoms with Crippen molar-refractivity contribution in [1.82, 2.24) is 4.90 Å². The molecule has 0 radical (unpaired) electrons.